The van der Waals surface area contributed by atoms with Gasteiger partial charge in [-0.3, -0.25) is 14.7 Å². The Morgan fingerprint density at radius 1 is 1.26 bits per heavy atom. The van der Waals surface area contributed by atoms with Crippen LogP contribution in [0.25, 0.3) is 11.4 Å². The maximum Gasteiger partial charge on any atom is 0.270 e. The van der Waals surface area contributed by atoms with Crippen LogP contribution in [0.3, 0.4) is 0 Å². The first-order valence-electron chi connectivity index (χ1n) is 9.45. The Hall–Kier alpha value is -2.58. The molecule has 0 saturated carbocycles. The molecule has 0 spiro atoms. The first kappa shape index (κ1) is 17.8. The predicted octanol–water partition coefficient (Wildman–Crippen LogP) is 0.959. The Kier molecular flexibility index (Phi) is 5.55. The predicted molar refractivity (Wildman–Crippen MR) is 102 cm³/mol. The minimum Gasteiger partial charge on any atom is -0.379 e. The van der Waals surface area contributed by atoms with Gasteiger partial charge in [-0.25, -0.2) is 9.97 Å². The number of anilines is 1. The number of hydrogen-bond acceptors (Lipinski definition) is 7. The summed E-state index contributed by atoms with van der Waals surface area (Å²) in [6.07, 6.45) is 5.16. The molecule has 2 N–H and O–H groups in total. The SMILES string of the molecule is O=C1NCCc2c(NCCCN3CCOCC3)nc(-c3cccnc3)nc21. The number of pyridine rings is 1. The average molecular weight is 368 g/mol. The van der Waals surface area contributed by atoms with Gasteiger partial charge in [-0.15, -0.1) is 0 Å². The van der Waals surface area contributed by atoms with Crippen LogP contribution in [0.15, 0.2) is 24.5 Å². The summed E-state index contributed by atoms with van der Waals surface area (Å²) in [6, 6.07) is 3.74. The van der Waals surface area contributed by atoms with Crippen molar-refractivity contribution in [1.82, 2.24) is 25.2 Å². The van der Waals surface area contributed by atoms with Crippen molar-refractivity contribution in [3.8, 4) is 11.4 Å². The molecule has 2 aromatic heterocycles. The van der Waals surface area contributed by atoms with Crippen molar-refractivity contribution in [3.05, 3.63) is 35.8 Å². The summed E-state index contributed by atoms with van der Waals surface area (Å²) >= 11 is 0. The summed E-state index contributed by atoms with van der Waals surface area (Å²) in [5.74, 6) is 1.14. The fourth-order valence-electron chi connectivity index (χ4n) is 3.40. The number of nitrogens with one attached hydrogen (secondary N) is 2. The van der Waals surface area contributed by atoms with Crippen LogP contribution in [0, 0.1) is 0 Å². The van der Waals surface area contributed by atoms with E-state index in [0.717, 1.165) is 69.2 Å². The van der Waals surface area contributed by atoms with Gasteiger partial charge < -0.3 is 15.4 Å². The summed E-state index contributed by atoms with van der Waals surface area (Å²) in [5.41, 5.74) is 2.17. The zero-order valence-corrected chi connectivity index (χ0v) is 15.3. The maximum absolute atomic E-state index is 12.3. The normalized spacial score (nSPS) is 17.3. The molecular weight excluding hydrogens is 344 g/mol. The number of rotatable bonds is 6. The Morgan fingerprint density at radius 2 is 2.15 bits per heavy atom. The van der Waals surface area contributed by atoms with E-state index >= 15 is 0 Å². The summed E-state index contributed by atoms with van der Waals surface area (Å²) < 4.78 is 5.39. The fourth-order valence-corrected chi connectivity index (χ4v) is 3.40. The highest BCUT2D eigenvalue weighted by Gasteiger charge is 2.24. The third kappa shape index (κ3) is 4.23. The second-order valence-electron chi connectivity index (χ2n) is 6.70. The molecule has 2 aliphatic rings. The number of nitrogens with zero attached hydrogens (tertiary/aromatic N) is 4. The van der Waals surface area contributed by atoms with E-state index in [0.29, 0.717) is 18.1 Å². The van der Waals surface area contributed by atoms with Crippen LogP contribution < -0.4 is 10.6 Å². The number of fused-ring (bicyclic) bond motifs is 1. The summed E-state index contributed by atoms with van der Waals surface area (Å²) in [6.45, 7) is 6.06. The molecule has 4 rings (SSSR count). The van der Waals surface area contributed by atoms with Crippen LogP contribution >= 0.6 is 0 Å². The zero-order chi connectivity index (χ0) is 18.5. The number of carbonyl (C=O) groups is 1. The van der Waals surface area contributed by atoms with Crippen LogP contribution in [-0.2, 0) is 11.2 Å². The second-order valence-corrected chi connectivity index (χ2v) is 6.70. The average Bonchev–Trinajstić information content (AvgIpc) is 2.73. The van der Waals surface area contributed by atoms with Crippen molar-refractivity contribution < 1.29 is 9.53 Å². The van der Waals surface area contributed by atoms with Crippen LogP contribution in [0.2, 0.25) is 0 Å². The van der Waals surface area contributed by atoms with E-state index in [9.17, 15) is 4.79 Å². The quantitative estimate of drug-likeness (QED) is 0.734. The molecular formula is C19H24N6O2. The molecule has 0 unspecified atom stereocenters. The molecule has 0 bridgehead atoms. The number of carbonyl (C=O) groups excluding carboxylic acids is 1. The summed E-state index contributed by atoms with van der Waals surface area (Å²) in [4.78, 5) is 28.0. The zero-order valence-electron chi connectivity index (χ0n) is 15.3. The van der Waals surface area contributed by atoms with Crippen molar-refractivity contribution in [2.45, 2.75) is 12.8 Å². The lowest BCUT2D eigenvalue weighted by Gasteiger charge is -2.26. The van der Waals surface area contributed by atoms with E-state index in [4.69, 9.17) is 9.72 Å². The molecule has 8 heteroatoms. The Bertz CT molecular complexity index is 792. The van der Waals surface area contributed by atoms with Gasteiger partial charge in [0.1, 0.15) is 11.5 Å². The van der Waals surface area contributed by atoms with Crippen LogP contribution in [0.1, 0.15) is 22.5 Å². The molecule has 1 fully saturated rings. The second kappa shape index (κ2) is 8.41. The van der Waals surface area contributed by atoms with Gasteiger partial charge in [0, 0.05) is 49.7 Å². The number of morpholine rings is 1. The third-order valence-corrected chi connectivity index (χ3v) is 4.85. The molecule has 142 valence electrons. The number of ether oxygens (including phenoxy) is 1. The van der Waals surface area contributed by atoms with Crippen LogP contribution in [-0.4, -0.2) is 71.7 Å². The topological polar surface area (TPSA) is 92.3 Å². The highest BCUT2D eigenvalue weighted by molar-refractivity contribution is 5.96. The van der Waals surface area contributed by atoms with Gasteiger partial charge in [-0.1, -0.05) is 0 Å². The lowest BCUT2D eigenvalue weighted by Crippen LogP contribution is -2.37. The summed E-state index contributed by atoms with van der Waals surface area (Å²) in [7, 11) is 0. The molecule has 0 aromatic carbocycles. The minimum absolute atomic E-state index is 0.139. The van der Waals surface area contributed by atoms with E-state index < -0.39 is 0 Å². The molecule has 2 aliphatic heterocycles. The maximum atomic E-state index is 12.3. The van der Waals surface area contributed by atoms with Crippen molar-refractivity contribution in [2.75, 3.05) is 51.3 Å². The molecule has 1 saturated heterocycles. The molecule has 0 atom stereocenters. The number of aromatic nitrogens is 3. The van der Waals surface area contributed by atoms with E-state index in [1.54, 1.807) is 12.4 Å². The first-order valence-corrected chi connectivity index (χ1v) is 9.45. The molecule has 4 heterocycles. The van der Waals surface area contributed by atoms with E-state index in [-0.39, 0.29) is 5.91 Å². The molecule has 0 radical (unpaired) electrons. The van der Waals surface area contributed by atoms with E-state index in [1.807, 2.05) is 12.1 Å². The fraction of sp³-hybridized carbons (Fsp3) is 0.474. The molecule has 1 amide bonds. The van der Waals surface area contributed by atoms with Gasteiger partial charge >= 0.3 is 0 Å². The Labute approximate surface area is 158 Å². The van der Waals surface area contributed by atoms with Gasteiger partial charge in [-0.05, 0) is 31.5 Å². The third-order valence-electron chi connectivity index (χ3n) is 4.85. The highest BCUT2D eigenvalue weighted by Crippen LogP contribution is 2.24. The Morgan fingerprint density at radius 3 is 2.96 bits per heavy atom. The number of amides is 1. The minimum atomic E-state index is -0.139. The largest absolute Gasteiger partial charge is 0.379 e. The lowest BCUT2D eigenvalue weighted by molar-refractivity contribution is 0.0378. The standard InChI is InChI=1S/C19H24N6O2/c26-19-16-15(4-7-22-19)18(21-6-2-8-25-9-11-27-12-10-25)24-17(23-16)14-3-1-5-20-13-14/h1,3,5,13H,2,4,6-12H2,(H,22,26)(H,21,23,24). The Balaban J connectivity index is 1.50. The van der Waals surface area contributed by atoms with E-state index in [2.05, 4.69) is 25.5 Å². The van der Waals surface area contributed by atoms with Crippen molar-refractivity contribution in [2.24, 2.45) is 0 Å². The van der Waals surface area contributed by atoms with Crippen LogP contribution in [0.5, 0.6) is 0 Å². The van der Waals surface area contributed by atoms with Gasteiger partial charge in [0.05, 0.1) is 13.2 Å². The highest BCUT2D eigenvalue weighted by atomic mass is 16.5. The van der Waals surface area contributed by atoms with Crippen LogP contribution in [0.4, 0.5) is 5.82 Å². The van der Waals surface area contributed by atoms with Crippen molar-refractivity contribution in [1.29, 1.82) is 0 Å². The van der Waals surface area contributed by atoms with Gasteiger partial charge in [-0.2, -0.15) is 0 Å². The van der Waals surface area contributed by atoms with Gasteiger partial charge in [0.25, 0.3) is 5.91 Å². The van der Waals surface area contributed by atoms with E-state index in [1.165, 1.54) is 0 Å². The van der Waals surface area contributed by atoms with Gasteiger partial charge in [0.2, 0.25) is 0 Å². The number of hydrogen-bond donors (Lipinski definition) is 2. The van der Waals surface area contributed by atoms with Crippen molar-refractivity contribution in [3.63, 3.8) is 0 Å². The lowest BCUT2D eigenvalue weighted by atomic mass is 10.1. The molecule has 27 heavy (non-hydrogen) atoms. The molecule has 2 aromatic rings. The van der Waals surface area contributed by atoms with Gasteiger partial charge in [0.15, 0.2) is 5.82 Å². The molecule has 8 nitrogen and oxygen atoms in total. The summed E-state index contributed by atoms with van der Waals surface area (Å²) in [5, 5.41) is 6.30. The molecule has 0 aliphatic carbocycles. The van der Waals surface area contributed by atoms with Crippen molar-refractivity contribution >= 4 is 11.7 Å². The first-order chi connectivity index (χ1) is 13.3. The smallest absolute Gasteiger partial charge is 0.270 e. The monoisotopic (exact) mass is 368 g/mol.